The van der Waals surface area contributed by atoms with Crippen molar-refractivity contribution in [2.24, 2.45) is 5.73 Å². The van der Waals surface area contributed by atoms with Crippen LogP contribution in [-0.2, 0) is 0 Å². The summed E-state index contributed by atoms with van der Waals surface area (Å²) < 4.78 is 0. The molecule has 2 aromatic heterocycles. The SMILES string of the molecule is C=CCNC(=O)c1ccsc1-c1sccc1C(N)=O. The first-order valence-electron chi connectivity index (χ1n) is 5.49. The highest BCUT2D eigenvalue weighted by molar-refractivity contribution is 7.21. The van der Waals surface area contributed by atoms with Crippen molar-refractivity contribution in [2.75, 3.05) is 6.54 Å². The van der Waals surface area contributed by atoms with Gasteiger partial charge >= 0.3 is 0 Å². The molecule has 2 heterocycles. The highest BCUT2D eigenvalue weighted by Crippen LogP contribution is 2.36. The van der Waals surface area contributed by atoms with Crippen LogP contribution >= 0.6 is 22.7 Å². The molecule has 0 spiro atoms. The molecule has 0 radical (unpaired) electrons. The van der Waals surface area contributed by atoms with Crippen molar-refractivity contribution in [1.29, 1.82) is 0 Å². The molecule has 2 aromatic rings. The Hall–Kier alpha value is -1.92. The smallest absolute Gasteiger partial charge is 0.253 e. The van der Waals surface area contributed by atoms with Crippen molar-refractivity contribution < 1.29 is 9.59 Å². The lowest BCUT2D eigenvalue weighted by molar-refractivity contribution is 0.0957. The van der Waals surface area contributed by atoms with E-state index in [4.69, 9.17) is 5.73 Å². The second-order valence-corrected chi connectivity index (χ2v) is 5.52. The maximum absolute atomic E-state index is 12.0. The van der Waals surface area contributed by atoms with E-state index in [2.05, 4.69) is 11.9 Å². The van der Waals surface area contributed by atoms with Crippen LogP contribution in [0, 0.1) is 0 Å². The number of hydrogen-bond donors (Lipinski definition) is 2. The summed E-state index contributed by atoms with van der Waals surface area (Å²) in [6, 6.07) is 3.41. The first kappa shape index (κ1) is 13.5. The molecule has 19 heavy (non-hydrogen) atoms. The van der Waals surface area contributed by atoms with Crippen molar-refractivity contribution >= 4 is 34.5 Å². The third-order valence-electron chi connectivity index (χ3n) is 2.45. The van der Waals surface area contributed by atoms with Gasteiger partial charge in [0.25, 0.3) is 5.91 Å². The normalized spacial score (nSPS) is 10.1. The van der Waals surface area contributed by atoms with Gasteiger partial charge in [0.1, 0.15) is 0 Å². The summed E-state index contributed by atoms with van der Waals surface area (Å²) >= 11 is 2.82. The van der Waals surface area contributed by atoms with Gasteiger partial charge in [0.05, 0.1) is 20.9 Å². The Bertz CT molecular complexity index is 628. The molecular formula is C13H12N2O2S2. The van der Waals surface area contributed by atoms with Gasteiger partial charge in [-0.1, -0.05) is 6.08 Å². The minimum Gasteiger partial charge on any atom is -0.366 e. The van der Waals surface area contributed by atoms with Gasteiger partial charge in [-0.3, -0.25) is 9.59 Å². The van der Waals surface area contributed by atoms with Crippen molar-refractivity contribution in [3.8, 4) is 9.75 Å². The fourth-order valence-electron chi connectivity index (χ4n) is 1.60. The standard InChI is InChI=1S/C13H12N2O2S2/c1-2-5-15-13(17)9-4-7-19-11(9)10-8(12(14)16)3-6-18-10/h2-4,6-7H,1,5H2,(H2,14,16)(H,15,17). The zero-order chi connectivity index (χ0) is 13.8. The highest BCUT2D eigenvalue weighted by Gasteiger charge is 2.19. The molecule has 3 N–H and O–H groups in total. The molecule has 0 aliphatic heterocycles. The Morgan fingerprint density at radius 1 is 1.21 bits per heavy atom. The van der Waals surface area contributed by atoms with E-state index >= 15 is 0 Å². The number of nitrogens with two attached hydrogens (primary N) is 1. The quantitative estimate of drug-likeness (QED) is 0.831. The zero-order valence-corrected chi connectivity index (χ0v) is 11.6. The average molecular weight is 292 g/mol. The van der Waals surface area contributed by atoms with Gasteiger partial charge in [-0.25, -0.2) is 0 Å². The van der Waals surface area contributed by atoms with Gasteiger partial charge in [0.15, 0.2) is 0 Å². The predicted octanol–water partition coefficient (Wildman–Crippen LogP) is 2.49. The fourth-order valence-corrected chi connectivity index (χ4v) is 3.59. The molecule has 4 nitrogen and oxygen atoms in total. The van der Waals surface area contributed by atoms with Gasteiger partial charge in [-0.15, -0.1) is 29.3 Å². The molecule has 6 heteroatoms. The highest BCUT2D eigenvalue weighted by atomic mass is 32.1. The summed E-state index contributed by atoms with van der Waals surface area (Å²) in [5.41, 5.74) is 6.33. The number of hydrogen-bond acceptors (Lipinski definition) is 4. The molecule has 0 saturated heterocycles. The first-order chi connectivity index (χ1) is 9.15. The van der Waals surface area contributed by atoms with Crippen LogP contribution in [0.15, 0.2) is 35.5 Å². The van der Waals surface area contributed by atoms with Crippen LogP contribution in [0.25, 0.3) is 9.75 Å². The van der Waals surface area contributed by atoms with Crippen LogP contribution in [0.4, 0.5) is 0 Å². The summed E-state index contributed by atoms with van der Waals surface area (Å²) in [6.45, 7) is 3.96. The molecule has 0 aliphatic carbocycles. The van der Waals surface area contributed by atoms with Crippen LogP contribution in [-0.4, -0.2) is 18.4 Å². The van der Waals surface area contributed by atoms with Gasteiger partial charge in [-0.2, -0.15) is 0 Å². The Labute approximate surface area is 118 Å². The number of primary amides is 1. The van der Waals surface area contributed by atoms with E-state index in [9.17, 15) is 9.59 Å². The molecule has 0 saturated carbocycles. The molecule has 0 fully saturated rings. The van der Waals surface area contributed by atoms with E-state index in [-0.39, 0.29) is 5.91 Å². The Morgan fingerprint density at radius 2 is 1.79 bits per heavy atom. The number of thiophene rings is 2. The Kier molecular flexibility index (Phi) is 4.13. The van der Waals surface area contributed by atoms with Crippen molar-refractivity contribution in [2.45, 2.75) is 0 Å². The van der Waals surface area contributed by atoms with Crippen LogP contribution < -0.4 is 11.1 Å². The lowest BCUT2D eigenvalue weighted by Crippen LogP contribution is -2.23. The number of rotatable bonds is 5. The van der Waals surface area contributed by atoms with E-state index in [1.54, 1.807) is 23.6 Å². The molecule has 0 atom stereocenters. The van der Waals surface area contributed by atoms with E-state index in [1.807, 2.05) is 5.38 Å². The van der Waals surface area contributed by atoms with E-state index in [1.165, 1.54) is 22.7 Å². The van der Waals surface area contributed by atoms with Gasteiger partial charge in [-0.05, 0) is 22.9 Å². The minimum absolute atomic E-state index is 0.181. The zero-order valence-electron chi connectivity index (χ0n) is 10.0. The number of carbonyl (C=O) groups excluding carboxylic acids is 2. The monoisotopic (exact) mass is 292 g/mol. The van der Waals surface area contributed by atoms with Crippen molar-refractivity contribution in [3.63, 3.8) is 0 Å². The largest absolute Gasteiger partial charge is 0.366 e. The second kappa shape index (κ2) is 5.81. The lowest BCUT2D eigenvalue weighted by Gasteiger charge is -2.04. The average Bonchev–Trinajstić information content (AvgIpc) is 3.02. The third-order valence-corrected chi connectivity index (χ3v) is 4.45. The summed E-state index contributed by atoms with van der Waals surface area (Å²) in [4.78, 5) is 24.9. The van der Waals surface area contributed by atoms with E-state index in [0.29, 0.717) is 17.7 Å². The molecule has 2 amide bonds. The van der Waals surface area contributed by atoms with Crippen LogP contribution in [0.2, 0.25) is 0 Å². The number of amides is 2. The summed E-state index contributed by atoms with van der Waals surface area (Å²) in [5.74, 6) is -0.665. The van der Waals surface area contributed by atoms with Gasteiger partial charge in [0.2, 0.25) is 5.91 Å². The topological polar surface area (TPSA) is 72.2 Å². The number of carbonyl (C=O) groups is 2. The second-order valence-electron chi connectivity index (χ2n) is 3.69. The predicted molar refractivity (Wildman–Crippen MR) is 78.7 cm³/mol. The molecule has 0 unspecified atom stereocenters. The minimum atomic E-state index is -0.484. The molecule has 2 rings (SSSR count). The third kappa shape index (κ3) is 2.74. The van der Waals surface area contributed by atoms with Crippen LogP contribution in [0.5, 0.6) is 0 Å². The van der Waals surface area contributed by atoms with Crippen molar-refractivity contribution in [3.05, 3.63) is 46.7 Å². The summed E-state index contributed by atoms with van der Waals surface area (Å²) in [6.07, 6.45) is 1.62. The molecule has 0 bridgehead atoms. The maximum atomic E-state index is 12.0. The number of nitrogens with one attached hydrogen (secondary N) is 1. The lowest BCUT2D eigenvalue weighted by atomic mass is 10.1. The first-order valence-corrected chi connectivity index (χ1v) is 7.25. The van der Waals surface area contributed by atoms with Gasteiger partial charge in [0, 0.05) is 6.54 Å². The van der Waals surface area contributed by atoms with Crippen LogP contribution in [0.3, 0.4) is 0 Å². The van der Waals surface area contributed by atoms with Crippen molar-refractivity contribution in [1.82, 2.24) is 5.32 Å². The molecule has 98 valence electrons. The van der Waals surface area contributed by atoms with Gasteiger partial charge < -0.3 is 11.1 Å². The summed E-state index contributed by atoms with van der Waals surface area (Å²) in [7, 11) is 0. The summed E-state index contributed by atoms with van der Waals surface area (Å²) in [5, 5.41) is 6.34. The Morgan fingerprint density at radius 3 is 2.37 bits per heavy atom. The van der Waals surface area contributed by atoms with E-state index in [0.717, 1.165) is 9.75 Å². The molecular weight excluding hydrogens is 280 g/mol. The maximum Gasteiger partial charge on any atom is 0.253 e. The molecule has 0 aliphatic rings. The fraction of sp³-hybridized carbons (Fsp3) is 0.0769. The van der Waals surface area contributed by atoms with E-state index < -0.39 is 5.91 Å². The molecule has 0 aromatic carbocycles. The Balaban J connectivity index is 2.39. The van der Waals surface area contributed by atoms with Crippen LogP contribution in [0.1, 0.15) is 20.7 Å².